The second kappa shape index (κ2) is 2.88. The number of fused-ring (bicyclic) bond motifs is 1. The molecule has 2 rings (SSSR count). The Labute approximate surface area is 84.9 Å². The molecule has 2 aromatic rings. The number of rotatable bonds is 0. The van der Waals surface area contributed by atoms with Crippen LogP contribution in [0.4, 0.5) is 4.39 Å². The second-order valence-corrected chi connectivity index (χ2v) is 4.32. The Morgan fingerprint density at radius 2 is 2.13 bits per heavy atom. The van der Waals surface area contributed by atoms with Crippen LogP contribution in [0.2, 0.25) is 0 Å². The minimum Gasteiger partial charge on any atom is -0.282 e. The van der Waals surface area contributed by atoms with Crippen molar-refractivity contribution in [2.75, 3.05) is 0 Å². The average Bonchev–Trinajstić information content (AvgIpc) is 2.45. The van der Waals surface area contributed by atoms with Crippen LogP contribution in [-0.4, -0.2) is 19.7 Å². The Morgan fingerprint density at radius 1 is 1.47 bits per heavy atom. The standard InChI is InChI=1S/C9H11FN4O/c1-9(2,3)14-6-5(4-11-14)7(15)13-8(10)12-6/h4H,1-3H3,(H,12,13,15). The molecule has 0 amide bonds. The fraction of sp³-hybridized carbons (Fsp3) is 0.444. The molecule has 0 radical (unpaired) electrons. The van der Waals surface area contributed by atoms with Gasteiger partial charge in [-0.1, -0.05) is 0 Å². The molecule has 0 atom stereocenters. The minimum atomic E-state index is -0.890. The zero-order valence-electron chi connectivity index (χ0n) is 8.71. The van der Waals surface area contributed by atoms with Crippen LogP contribution in [0.1, 0.15) is 20.8 Å². The summed E-state index contributed by atoms with van der Waals surface area (Å²) >= 11 is 0. The highest BCUT2D eigenvalue weighted by Crippen LogP contribution is 2.17. The number of hydrogen-bond donors (Lipinski definition) is 1. The molecule has 6 heteroatoms. The molecule has 0 saturated heterocycles. The summed E-state index contributed by atoms with van der Waals surface area (Å²) in [7, 11) is 0. The van der Waals surface area contributed by atoms with E-state index in [0.717, 1.165) is 0 Å². The monoisotopic (exact) mass is 210 g/mol. The first-order valence-corrected chi connectivity index (χ1v) is 4.53. The van der Waals surface area contributed by atoms with E-state index in [4.69, 9.17) is 0 Å². The van der Waals surface area contributed by atoms with Gasteiger partial charge in [0.15, 0.2) is 5.65 Å². The molecule has 15 heavy (non-hydrogen) atoms. The van der Waals surface area contributed by atoms with Crippen LogP contribution in [0.25, 0.3) is 11.0 Å². The number of hydrogen-bond acceptors (Lipinski definition) is 3. The van der Waals surface area contributed by atoms with Crippen LogP contribution in [0, 0.1) is 6.08 Å². The molecule has 0 saturated carbocycles. The number of nitrogens with zero attached hydrogens (tertiary/aromatic N) is 3. The summed E-state index contributed by atoms with van der Waals surface area (Å²) in [5.74, 6) is 0. The Hall–Kier alpha value is -1.72. The maximum Gasteiger partial charge on any atom is 0.291 e. The first kappa shape index (κ1) is 9.82. The van der Waals surface area contributed by atoms with Crippen LogP contribution in [0.5, 0.6) is 0 Å². The molecule has 80 valence electrons. The van der Waals surface area contributed by atoms with Crippen LogP contribution in [0.15, 0.2) is 11.0 Å². The molecule has 1 N–H and O–H groups in total. The van der Waals surface area contributed by atoms with E-state index in [1.54, 1.807) is 0 Å². The molecule has 0 aliphatic carbocycles. The second-order valence-electron chi connectivity index (χ2n) is 4.32. The van der Waals surface area contributed by atoms with Crippen molar-refractivity contribution < 1.29 is 4.39 Å². The largest absolute Gasteiger partial charge is 0.291 e. The number of H-pyrrole nitrogens is 1. The van der Waals surface area contributed by atoms with E-state index in [0.29, 0.717) is 5.39 Å². The first-order chi connectivity index (χ1) is 6.89. The van der Waals surface area contributed by atoms with Crippen molar-refractivity contribution in [1.82, 2.24) is 19.7 Å². The van der Waals surface area contributed by atoms with E-state index in [1.807, 2.05) is 25.8 Å². The highest BCUT2D eigenvalue weighted by molar-refractivity contribution is 5.73. The number of aromatic nitrogens is 4. The third-order valence-electron chi connectivity index (χ3n) is 2.04. The summed E-state index contributed by atoms with van der Waals surface area (Å²) in [6.07, 6.45) is 0.504. The first-order valence-electron chi connectivity index (χ1n) is 4.53. The van der Waals surface area contributed by atoms with Gasteiger partial charge in [0.25, 0.3) is 11.6 Å². The Balaban J connectivity index is 2.86. The average molecular weight is 210 g/mol. The lowest BCUT2D eigenvalue weighted by Gasteiger charge is -2.19. The lowest BCUT2D eigenvalue weighted by Crippen LogP contribution is -2.24. The maximum atomic E-state index is 12.9. The third kappa shape index (κ3) is 1.51. The molecule has 2 heterocycles. The summed E-state index contributed by atoms with van der Waals surface area (Å²) in [5, 5.41) is 4.33. The van der Waals surface area contributed by atoms with Gasteiger partial charge in [-0.05, 0) is 20.8 Å². The van der Waals surface area contributed by atoms with Gasteiger partial charge >= 0.3 is 0 Å². The molecular formula is C9H11FN4O. The quantitative estimate of drug-likeness (QED) is 0.660. The fourth-order valence-corrected chi connectivity index (χ4v) is 1.38. The maximum absolute atomic E-state index is 12.9. The highest BCUT2D eigenvalue weighted by atomic mass is 19.1. The minimum absolute atomic E-state index is 0.267. The summed E-state index contributed by atoms with van der Waals surface area (Å²) in [4.78, 5) is 17.0. The van der Waals surface area contributed by atoms with Crippen molar-refractivity contribution in [3.8, 4) is 0 Å². The Morgan fingerprint density at radius 3 is 2.73 bits per heavy atom. The van der Waals surface area contributed by atoms with Crippen molar-refractivity contribution in [1.29, 1.82) is 0 Å². The van der Waals surface area contributed by atoms with Crippen molar-refractivity contribution in [2.24, 2.45) is 0 Å². The van der Waals surface area contributed by atoms with Gasteiger partial charge in [-0.2, -0.15) is 14.5 Å². The molecule has 2 aromatic heterocycles. The van der Waals surface area contributed by atoms with E-state index < -0.39 is 11.6 Å². The van der Waals surface area contributed by atoms with Crippen molar-refractivity contribution in [2.45, 2.75) is 26.3 Å². The van der Waals surface area contributed by atoms with Crippen LogP contribution < -0.4 is 5.56 Å². The van der Waals surface area contributed by atoms with Gasteiger partial charge in [0.1, 0.15) is 5.39 Å². The third-order valence-corrected chi connectivity index (χ3v) is 2.04. The zero-order chi connectivity index (χ0) is 11.2. The highest BCUT2D eigenvalue weighted by Gasteiger charge is 2.19. The normalized spacial score (nSPS) is 12.3. The number of aromatic amines is 1. The fourth-order valence-electron chi connectivity index (χ4n) is 1.38. The molecular weight excluding hydrogens is 199 g/mol. The molecule has 0 aliphatic rings. The van der Waals surface area contributed by atoms with Gasteiger partial charge in [0, 0.05) is 0 Å². The van der Waals surface area contributed by atoms with Gasteiger partial charge in [-0.3, -0.25) is 9.78 Å². The van der Waals surface area contributed by atoms with E-state index in [-0.39, 0.29) is 11.2 Å². The van der Waals surface area contributed by atoms with Crippen molar-refractivity contribution >= 4 is 11.0 Å². The number of nitrogens with one attached hydrogen (secondary N) is 1. The lowest BCUT2D eigenvalue weighted by molar-refractivity contribution is 0.364. The SMILES string of the molecule is CC(C)(C)n1ncc2c(=O)[nH]c(F)nc21. The van der Waals surface area contributed by atoms with E-state index in [9.17, 15) is 9.18 Å². The van der Waals surface area contributed by atoms with Crippen molar-refractivity contribution in [3.05, 3.63) is 22.6 Å². The van der Waals surface area contributed by atoms with E-state index >= 15 is 0 Å². The predicted molar refractivity (Wildman–Crippen MR) is 53.1 cm³/mol. The summed E-state index contributed by atoms with van der Waals surface area (Å²) < 4.78 is 14.5. The molecule has 0 aliphatic heterocycles. The van der Waals surface area contributed by atoms with Gasteiger partial charge in [-0.15, -0.1) is 0 Å². The van der Waals surface area contributed by atoms with E-state index in [2.05, 4.69) is 10.1 Å². The lowest BCUT2D eigenvalue weighted by atomic mass is 10.1. The summed E-state index contributed by atoms with van der Waals surface area (Å²) in [5.41, 5.74) is -0.577. The van der Waals surface area contributed by atoms with Crippen LogP contribution >= 0.6 is 0 Å². The molecule has 0 unspecified atom stereocenters. The van der Waals surface area contributed by atoms with Crippen LogP contribution in [0.3, 0.4) is 0 Å². The molecule has 0 aromatic carbocycles. The van der Waals surface area contributed by atoms with Gasteiger partial charge < -0.3 is 0 Å². The summed E-state index contributed by atoms with van der Waals surface area (Å²) in [6.45, 7) is 5.71. The summed E-state index contributed by atoms with van der Waals surface area (Å²) in [6, 6.07) is 0. The van der Waals surface area contributed by atoms with Gasteiger partial charge in [0.05, 0.1) is 11.7 Å². The number of halogens is 1. The van der Waals surface area contributed by atoms with Crippen molar-refractivity contribution in [3.63, 3.8) is 0 Å². The van der Waals surface area contributed by atoms with Crippen LogP contribution in [-0.2, 0) is 5.54 Å². The smallest absolute Gasteiger partial charge is 0.282 e. The molecule has 0 bridgehead atoms. The molecule has 0 spiro atoms. The Kier molecular flexibility index (Phi) is 1.89. The zero-order valence-corrected chi connectivity index (χ0v) is 8.71. The van der Waals surface area contributed by atoms with Gasteiger partial charge in [0.2, 0.25) is 0 Å². The molecule has 5 nitrogen and oxygen atoms in total. The topological polar surface area (TPSA) is 63.6 Å². The van der Waals surface area contributed by atoms with E-state index in [1.165, 1.54) is 10.9 Å². The Bertz CT molecular complexity index is 563. The predicted octanol–water partition coefficient (Wildman–Crippen LogP) is 1.01. The molecule has 0 fully saturated rings. The van der Waals surface area contributed by atoms with Gasteiger partial charge in [-0.25, -0.2) is 4.68 Å².